The molecule has 0 saturated heterocycles. The lowest BCUT2D eigenvalue weighted by atomic mass is 9.92. The van der Waals surface area contributed by atoms with E-state index in [2.05, 4.69) is 13.8 Å². The smallest absolute Gasteiger partial charge is 0.294 e. The van der Waals surface area contributed by atoms with Gasteiger partial charge in [0.15, 0.2) is 0 Å². The lowest BCUT2D eigenvalue weighted by Gasteiger charge is -2.20. The van der Waals surface area contributed by atoms with E-state index in [-0.39, 0.29) is 9.79 Å². The lowest BCUT2D eigenvalue weighted by Crippen LogP contribution is -2.03. The normalized spacial score (nSPS) is 12.2. The molecule has 0 fully saturated rings. The first-order chi connectivity index (χ1) is 20.0. The van der Waals surface area contributed by atoms with Gasteiger partial charge in [-0.1, -0.05) is 76.6 Å². The molecule has 0 aromatic heterocycles. The van der Waals surface area contributed by atoms with Crippen molar-refractivity contribution in [2.24, 2.45) is 0 Å². The van der Waals surface area contributed by atoms with Crippen LogP contribution in [0.3, 0.4) is 0 Å². The van der Waals surface area contributed by atoms with Gasteiger partial charge in [0.25, 0.3) is 20.2 Å². The third-order valence-corrected chi connectivity index (χ3v) is 8.96. The van der Waals surface area contributed by atoms with Gasteiger partial charge < -0.3 is 9.47 Å². The van der Waals surface area contributed by atoms with Crippen molar-refractivity contribution < 1.29 is 35.4 Å². The first-order valence-corrected chi connectivity index (χ1v) is 17.3. The maximum absolute atomic E-state index is 11.9. The topological polar surface area (TPSA) is 127 Å². The Morgan fingerprint density at radius 3 is 1.31 bits per heavy atom. The van der Waals surface area contributed by atoms with E-state index in [4.69, 9.17) is 9.47 Å². The van der Waals surface area contributed by atoms with Gasteiger partial charge in [0, 0.05) is 11.1 Å². The maximum atomic E-state index is 11.9. The molecule has 0 radical (unpaired) electrons. The summed E-state index contributed by atoms with van der Waals surface area (Å²) in [6.07, 6.45) is 8.16. The molecule has 2 N–H and O–H groups in total. The molecule has 226 valence electrons. The highest BCUT2D eigenvalue weighted by Crippen LogP contribution is 2.46. The minimum absolute atomic E-state index is 0.225. The quantitative estimate of drug-likeness (QED) is 0.102. The fourth-order valence-electron chi connectivity index (χ4n) is 5.07. The van der Waals surface area contributed by atoms with E-state index in [0.717, 1.165) is 51.4 Å². The predicted molar refractivity (Wildman–Crippen MR) is 166 cm³/mol. The first kappa shape index (κ1) is 31.7. The highest BCUT2D eigenvalue weighted by atomic mass is 32.2. The van der Waals surface area contributed by atoms with Crippen LogP contribution in [-0.2, 0) is 20.2 Å². The summed E-state index contributed by atoms with van der Waals surface area (Å²) in [7, 11) is -8.85. The van der Waals surface area contributed by atoms with Gasteiger partial charge in [-0.2, -0.15) is 16.8 Å². The van der Waals surface area contributed by atoms with Crippen LogP contribution in [0.1, 0.15) is 65.2 Å². The summed E-state index contributed by atoms with van der Waals surface area (Å²) in [6.45, 7) is 5.24. The van der Waals surface area contributed by atoms with Gasteiger partial charge in [0.05, 0.1) is 23.0 Å². The Kier molecular flexibility index (Phi) is 10.5. The minimum atomic E-state index is -4.42. The molecule has 42 heavy (non-hydrogen) atoms. The Bertz CT molecular complexity index is 1630. The summed E-state index contributed by atoms with van der Waals surface area (Å²) < 4.78 is 79.6. The van der Waals surface area contributed by atoms with Crippen molar-refractivity contribution >= 4 is 41.8 Å². The van der Waals surface area contributed by atoms with E-state index in [1.54, 1.807) is 36.4 Å². The molecule has 10 heteroatoms. The lowest BCUT2D eigenvalue weighted by molar-refractivity contribution is 0.302. The maximum Gasteiger partial charge on any atom is 0.294 e. The summed E-state index contributed by atoms with van der Waals surface area (Å²) in [5.74, 6) is 1.14. The third-order valence-electron chi connectivity index (χ3n) is 7.26. The van der Waals surface area contributed by atoms with Crippen molar-refractivity contribution in [2.45, 2.75) is 75.0 Å². The molecule has 8 nitrogen and oxygen atoms in total. The van der Waals surface area contributed by atoms with Crippen LogP contribution in [-0.4, -0.2) is 39.2 Å². The molecule has 4 rings (SSSR count). The summed E-state index contributed by atoms with van der Waals surface area (Å²) in [6, 6.07) is 15.8. The molecule has 0 amide bonds. The Hall–Kier alpha value is -3.18. The molecule has 0 atom stereocenters. The number of fused-ring (bicyclic) bond motifs is 2. The zero-order chi connectivity index (χ0) is 30.3. The predicted octanol–water partition coefficient (Wildman–Crippen LogP) is 8.07. The van der Waals surface area contributed by atoms with Gasteiger partial charge in [0.2, 0.25) is 0 Å². The summed E-state index contributed by atoms with van der Waals surface area (Å²) in [5.41, 5.74) is 1.33. The van der Waals surface area contributed by atoms with E-state index in [0.29, 0.717) is 57.4 Å². The molecule has 0 aliphatic heterocycles. The molecule has 0 bridgehead atoms. The monoisotopic (exact) mass is 614 g/mol. The molecule has 0 aliphatic rings. The van der Waals surface area contributed by atoms with Gasteiger partial charge in [-0.05, 0) is 70.8 Å². The molecular formula is C32H38O8S2. The van der Waals surface area contributed by atoms with Crippen molar-refractivity contribution in [3.8, 4) is 22.6 Å². The van der Waals surface area contributed by atoms with Crippen molar-refractivity contribution in [2.75, 3.05) is 13.2 Å². The second-order valence-electron chi connectivity index (χ2n) is 10.4. The van der Waals surface area contributed by atoms with E-state index < -0.39 is 20.2 Å². The number of hydrogen-bond acceptors (Lipinski definition) is 6. The molecular weight excluding hydrogens is 576 g/mol. The van der Waals surface area contributed by atoms with Gasteiger partial charge in [-0.3, -0.25) is 9.11 Å². The molecule has 0 spiro atoms. The summed E-state index contributed by atoms with van der Waals surface area (Å²) in [5, 5.41) is 2.49. The van der Waals surface area contributed by atoms with Crippen molar-refractivity contribution in [1.29, 1.82) is 0 Å². The van der Waals surface area contributed by atoms with E-state index >= 15 is 0 Å². The SMILES string of the molecule is CCCCCCOc1ccc2cc(S(=O)(=O)O)ccc2c1-c1c(OCCCCCC)ccc2cc(S(=O)(=O)O)ccc12. The largest absolute Gasteiger partial charge is 0.493 e. The Morgan fingerprint density at radius 1 is 0.548 bits per heavy atom. The van der Waals surface area contributed by atoms with E-state index in [1.165, 1.54) is 24.3 Å². The fraction of sp³-hybridized carbons (Fsp3) is 0.375. The van der Waals surface area contributed by atoms with Crippen LogP contribution in [0.5, 0.6) is 11.5 Å². The van der Waals surface area contributed by atoms with Gasteiger partial charge in [-0.25, -0.2) is 0 Å². The minimum Gasteiger partial charge on any atom is -0.493 e. The fourth-order valence-corrected chi connectivity index (χ4v) is 6.11. The molecule has 4 aromatic rings. The molecule has 0 saturated carbocycles. The van der Waals surface area contributed by atoms with Gasteiger partial charge in [-0.15, -0.1) is 0 Å². The van der Waals surface area contributed by atoms with Crippen LogP contribution in [0, 0.1) is 0 Å². The summed E-state index contributed by atoms with van der Waals surface area (Å²) >= 11 is 0. The van der Waals surface area contributed by atoms with Crippen LogP contribution in [0.2, 0.25) is 0 Å². The van der Waals surface area contributed by atoms with Crippen LogP contribution in [0.15, 0.2) is 70.5 Å². The van der Waals surface area contributed by atoms with Crippen LogP contribution in [0.4, 0.5) is 0 Å². The number of rotatable bonds is 15. The van der Waals surface area contributed by atoms with Gasteiger partial charge in [0.1, 0.15) is 11.5 Å². The van der Waals surface area contributed by atoms with Crippen molar-refractivity contribution in [3.05, 3.63) is 60.7 Å². The Labute approximate surface area is 248 Å². The highest BCUT2D eigenvalue weighted by molar-refractivity contribution is 7.86. The van der Waals surface area contributed by atoms with Crippen molar-refractivity contribution in [1.82, 2.24) is 0 Å². The van der Waals surface area contributed by atoms with E-state index in [1.807, 2.05) is 0 Å². The number of ether oxygens (including phenoxy) is 2. The molecule has 4 aromatic carbocycles. The standard InChI is InChI=1S/C32H38O8S2/c1-3-5-7-9-19-39-29-17-11-23-21-25(41(33,34)35)13-15-27(23)31(29)32-28-16-14-26(42(36,37)38)22-24(28)12-18-30(32)40-20-10-8-6-4-2/h11-18,21-22H,3-10,19-20H2,1-2H3,(H,33,34,35)(H,36,37,38). The number of hydrogen-bond donors (Lipinski definition) is 2. The van der Waals surface area contributed by atoms with Crippen LogP contribution < -0.4 is 9.47 Å². The molecule has 0 heterocycles. The van der Waals surface area contributed by atoms with Crippen LogP contribution >= 0.6 is 0 Å². The summed E-state index contributed by atoms with van der Waals surface area (Å²) in [4.78, 5) is -0.449. The third kappa shape index (κ3) is 7.60. The molecule has 0 unspecified atom stereocenters. The highest BCUT2D eigenvalue weighted by Gasteiger charge is 2.22. The average Bonchev–Trinajstić information content (AvgIpc) is 2.95. The van der Waals surface area contributed by atoms with E-state index in [9.17, 15) is 25.9 Å². The van der Waals surface area contributed by atoms with Crippen molar-refractivity contribution in [3.63, 3.8) is 0 Å². The Morgan fingerprint density at radius 2 is 0.952 bits per heavy atom. The van der Waals surface area contributed by atoms with Gasteiger partial charge >= 0.3 is 0 Å². The Balaban J connectivity index is 1.95. The first-order valence-electron chi connectivity index (χ1n) is 14.4. The second-order valence-corrected chi connectivity index (χ2v) is 13.3. The zero-order valence-corrected chi connectivity index (χ0v) is 25.6. The van der Waals surface area contributed by atoms with Crippen LogP contribution in [0.25, 0.3) is 32.7 Å². The second kappa shape index (κ2) is 13.9. The zero-order valence-electron chi connectivity index (χ0n) is 24.0. The number of benzene rings is 4. The number of unbranched alkanes of at least 4 members (excludes halogenated alkanes) is 6. The average molecular weight is 615 g/mol. The molecule has 0 aliphatic carbocycles.